The summed E-state index contributed by atoms with van der Waals surface area (Å²) in [4.78, 5) is 21.6. The number of carbonyl (C=O) groups is 1. The van der Waals surface area contributed by atoms with E-state index in [4.69, 9.17) is 10.5 Å². The second kappa shape index (κ2) is 4.61. The molecule has 0 aliphatic carbocycles. The monoisotopic (exact) mass is 224 g/mol. The lowest BCUT2D eigenvalue weighted by Crippen LogP contribution is -2.09. The van der Waals surface area contributed by atoms with Crippen molar-refractivity contribution < 1.29 is 14.5 Å². The zero-order chi connectivity index (χ0) is 12.3. The number of hydrogen-bond acceptors (Lipinski definition) is 5. The van der Waals surface area contributed by atoms with Crippen molar-refractivity contribution >= 4 is 17.3 Å². The molecule has 0 bridgehead atoms. The molecule has 0 aliphatic rings. The topological polar surface area (TPSA) is 95.5 Å². The van der Waals surface area contributed by atoms with Gasteiger partial charge in [0, 0.05) is 17.3 Å². The summed E-state index contributed by atoms with van der Waals surface area (Å²) in [6.45, 7) is 3.36. The summed E-state index contributed by atoms with van der Waals surface area (Å²) in [5.74, 6) is -0.601. The van der Waals surface area contributed by atoms with Gasteiger partial charge in [0.2, 0.25) is 0 Å². The lowest BCUT2D eigenvalue weighted by molar-refractivity contribution is -0.385. The number of nitro groups is 1. The van der Waals surface area contributed by atoms with Crippen molar-refractivity contribution in [3.8, 4) is 0 Å². The zero-order valence-corrected chi connectivity index (χ0v) is 9.02. The van der Waals surface area contributed by atoms with E-state index >= 15 is 0 Å². The fourth-order valence-corrected chi connectivity index (χ4v) is 1.33. The molecule has 0 amide bonds. The number of rotatable bonds is 3. The molecule has 0 aliphatic heterocycles. The Kier molecular flexibility index (Phi) is 3.44. The van der Waals surface area contributed by atoms with Crippen LogP contribution in [0.5, 0.6) is 0 Å². The maximum atomic E-state index is 11.5. The summed E-state index contributed by atoms with van der Waals surface area (Å²) in [6, 6.07) is 2.60. The first-order valence-corrected chi connectivity index (χ1v) is 4.69. The quantitative estimate of drug-likeness (QED) is 0.364. The van der Waals surface area contributed by atoms with Crippen molar-refractivity contribution in [1.82, 2.24) is 0 Å². The Balaban J connectivity index is 3.29. The predicted molar refractivity (Wildman–Crippen MR) is 58.2 cm³/mol. The molecule has 6 heteroatoms. The molecule has 0 saturated carbocycles. The molecule has 16 heavy (non-hydrogen) atoms. The van der Waals surface area contributed by atoms with Crippen molar-refractivity contribution in [3.63, 3.8) is 0 Å². The predicted octanol–water partition coefficient (Wildman–Crippen LogP) is 1.66. The SMILES string of the molecule is CCOC(=O)c1cc(N)cc([N+](=O)[O-])c1C. The number of ether oxygens (including phenoxy) is 1. The highest BCUT2D eigenvalue weighted by molar-refractivity contribution is 5.93. The van der Waals surface area contributed by atoms with E-state index in [1.165, 1.54) is 19.1 Å². The highest BCUT2D eigenvalue weighted by Gasteiger charge is 2.20. The van der Waals surface area contributed by atoms with Gasteiger partial charge in [0.1, 0.15) is 0 Å². The number of carbonyl (C=O) groups excluding carboxylic acids is 1. The Bertz CT molecular complexity index is 443. The molecule has 0 saturated heterocycles. The molecule has 0 radical (unpaired) electrons. The van der Waals surface area contributed by atoms with Crippen LogP contribution in [0.3, 0.4) is 0 Å². The standard InChI is InChI=1S/C10H12N2O4/c1-3-16-10(13)8-4-7(11)5-9(6(8)2)12(14)15/h4-5H,3,11H2,1-2H3. The molecule has 0 fully saturated rings. The summed E-state index contributed by atoms with van der Waals surface area (Å²) < 4.78 is 4.78. The number of hydrogen-bond donors (Lipinski definition) is 1. The maximum absolute atomic E-state index is 11.5. The van der Waals surface area contributed by atoms with E-state index < -0.39 is 10.9 Å². The Morgan fingerprint density at radius 2 is 2.19 bits per heavy atom. The van der Waals surface area contributed by atoms with Crippen LogP contribution in [0.25, 0.3) is 0 Å². The van der Waals surface area contributed by atoms with Gasteiger partial charge in [-0.2, -0.15) is 0 Å². The Hall–Kier alpha value is -2.11. The van der Waals surface area contributed by atoms with Crippen LogP contribution < -0.4 is 5.73 Å². The van der Waals surface area contributed by atoms with Gasteiger partial charge in [0.15, 0.2) is 0 Å². The third-order valence-electron chi connectivity index (χ3n) is 2.09. The first-order valence-electron chi connectivity index (χ1n) is 4.69. The number of nitrogen functional groups attached to an aromatic ring is 1. The number of nitrogens with zero attached hydrogens (tertiary/aromatic N) is 1. The van der Waals surface area contributed by atoms with Crippen LogP contribution in [0.2, 0.25) is 0 Å². The highest BCUT2D eigenvalue weighted by Crippen LogP contribution is 2.25. The first kappa shape index (κ1) is 12.0. The third-order valence-corrected chi connectivity index (χ3v) is 2.09. The van der Waals surface area contributed by atoms with Crippen molar-refractivity contribution in [3.05, 3.63) is 33.4 Å². The summed E-state index contributed by atoms with van der Waals surface area (Å²) in [5, 5.41) is 10.7. The number of nitrogens with two attached hydrogens (primary N) is 1. The lowest BCUT2D eigenvalue weighted by Gasteiger charge is -2.06. The number of esters is 1. The Labute approximate surface area is 92.2 Å². The fourth-order valence-electron chi connectivity index (χ4n) is 1.33. The van der Waals surface area contributed by atoms with Gasteiger partial charge >= 0.3 is 5.97 Å². The molecule has 1 aromatic carbocycles. The van der Waals surface area contributed by atoms with E-state index in [2.05, 4.69) is 0 Å². The molecule has 86 valence electrons. The second-order valence-electron chi connectivity index (χ2n) is 3.19. The normalized spacial score (nSPS) is 9.88. The van der Waals surface area contributed by atoms with Gasteiger partial charge in [-0.25, -0.2) is 4.79 Å². The van der Waals surface area contributed by atoms with Crippen molar-refractivity contribution in [2.24, 2.45) is 0 Å². The number of benzene rings is 1. The Morgan fingerprint density at radius 3 is 2.69 bits per heavy atom. The summed E-state index contributed by atoms with van der Waals surface area (Å²) >= 11 is 0. The minimum atomic E-state index is -0.601. The fraction of sp³-hybridized carbons (Fsp3) is 0.300. The van der Waals surface area contributed by atoms with Crippen LogP contribution >= 0.6 is 0 Å². The lowest BCUT2D eigenvalue weighted by atomic mass is 10.1. The van der Waals surface area contributed by atoms with Crippen LogP contribution in [-0.2, 0) is 4.74 Å². The molecule has 6 nitrogen and oxygen atoms in total. The van der Waals surface area contributed by atoms with Crippen LogP contribution in [0, 0.1) is 17.0 Å². The molecule has 0 aromatic heterocycles. The average molecular weight is 224 g/mol. The highest BCUT2D eigenvalue weighted by atomic mass is 16.6. The van der Waals surface area contributed by atoms with Crippen LogP contribution in [0.1, 0.15) is 22.8 Å². The van der Waals surface area contributed by atoms with Gasteiger partial charge in [-0.05, 0) is 19.9 Å². The van der Waals surface area contributed by atoms with E-state index in [0.29, 0.717) is 0 Å². The van der Waals surface area contributed by atoms with Gasteiger partial charge < -0.3 is 10.5 Å². The van der Waals surface area contributed by atoms with Gasteiger partial charge in [-0.1, -0.05) is 0 Å². The largest absolute Gasteiger partial charge is 0.462 e. The smallest absolute Gasteiger partial charge is 0.338 e. The van der Waals surface area contributed by atoms with Crippen LogP contribution in [0.4, 0.5) is 11.4 Å². The zero-order valence-electron chi connectivity index (χ0n) is 9.02. The van der Waals surface area contributed by atoms with Gasteiger partial charge in [-0.3, -0.25) is 10.1 Å². The van der Waals surface area contributed by atoms with E-state index in [0.717, 1.165) is 0 Å². The van der Waals surface area contributed by atoms with Gasteiger partial charge in [0.25, 0.3) is 5.69 Å². The summed E-state index contributed by atoms with van der Waals surface area (Å²) in [5.41, 5.74) is 5.87. The maximum Gasteiger partial charge on any atom is 0.338 e. The van der Waals surface area contributed by atoms with E-state index in [-0.39, 0.29) is 29.1 Å². The summed E-state index contributed by atoms with van der Waals surface area (Å²) in [6.07, 6.45) is 0. The molecule has 0 spiro atoms. The van der Waals surface area contributed by atoms with Crippen LogP contribution in [-0.4, -0.2) is 17.5 Å². The van der Waals surface area contributed by atoms with E-state index in [1.807, 2.05) is 0 Å². The molecule has 1 rings (SSSR count). The Morgan fingerprint density at radius 1 is 1.56 bits per heavy atom. The van der Waals surface area contributed by atoms with E-state index in [9.17, 15) is 14.9 Å². The minimum absolute atomic E-state index is 0.133. The van der Waals surface area contributed by atoms with Crippen molar-refractivity contribution in [2.75, 3.05) is 12.3 Å². The molecule has 2 N–H and O–H groups in total. The number of nitro benzene ring substituents is 1. The molecule has 0 unspecified atom stereocenters. The summed E-state index contributed by atoms with van der Waals surface area (Å²) in [7, 11) is 0. The molecular formula is C10H12N2O4. The van der Waals surface area contributed by atoms with Crippen molar-refractivity contribution in [2.45, 2.75) is 13.8 Å². The van der Waals surface area contributed by atoms with Gasteiger partial charge in [0.05, 0.1) is 17.1 Å². The van der Waals surface area contributed by atoms with E-state index in [1.54, 1.807) is 6.92 Å². The molecule has 0 atom stereocenters. The van der Waals surface area contributed by atoms with Gasteiger partial charge in [-0.15, -0.1) is 0 Å². The molecule has 0 heterocycles. The first-order chi connectivity index (χ1) is 7.47. The third kappa shape index (κ3) is 2.28. The molecular weight excluding hydrogens is 212 g/mol. The second-order valence-corrected chi connectivity index (χ2v) is 3.19. The van der Waals surface area contributed by atoms with Crippen molar-refractivity contribution in [1.29, 1.82) is 0 Å². The van der Waals surface area contributed by atoms with Crippen LogP contribution in [0.15, 0.2) is 12.1 Å². The number of anilines is 1. The molecule has 1 aromatic rings. The average Bonchev–Trinajstić information content (AvgIpc) is 2.20. The minimum Gasteiger partial charge on any atom is -0.462 e.